The summed E-state index contributed by atoms with van der Waals surface area (Å²) in [6.45, 7) is 3.42. The number of hydrogen-bond donors (Lipinski definition) is 1. The van der Waals surface area contributed by atoms with E-state index in [1.165, 1.54) is 0 Å². The molecular formula is C20H25N3O3. The van der Waals surface area contributed by atoms with Crippen LogP contribution in [0, 0.1) is 0 Å². The highest BCUT2D eigenvalue weighted by Crippen LogP contribution is 2.28. The largest absolute Gasteiger partial charge is 0.497 e. The molecule has 26 heavy (non-hydrogen) atoms. The van der Waals surface area contributed by atoms with Crippen molar-refractivity contribution in [1.29, 1.82) is 0 Å². The van der Waals surface area contributed by atoms with Gasteiger partial charge in [-0.3, -0.25) is 0 Å². The molecule has 0 bridgehead atoms. The van der Waals surface area contributed by atoms with Gasteiger partial charge in [-0.15, -0.1) is 0 Å². The fraction of sp³-hybridized carbons (Fsp3) is 0.350. The topological polar surface area (TPSA) is 54.0 Å². The minimum Gasteiger partial charge on any atom is -0.497 e. The van der Waals surface area contributed by atoms with E-state index in [2.05, 4.69) is 16.3 Å². The Kier molecular flexibility index (Phi) is 5.84. The zero-order valence-electron chi connectivity index (χ0n) is 15.3. The van der Waals surface area contributed by atoms with Crippen molar-refractivity contribution in [1.82, 2.24) is 10.2 Å². The Labute approximate surface area is 154 Å². The van der Waals surface area contributed by atoms with E-state index < -0.39 is 0 Å². The first kappa shape index (κ1) is 17.9. The lowest BCUT2D eigenvalue weighted by molar-refractivity contribution is 0.194. The standard InChI is InChI=1S/C20H25N3O3/c1-25-17-7-5-6-16(14-17)15-21-20(24)23-12-10-22(11-13-23)18-8-3-4-9-19(18)26-2/h3-9,14H,10-13,15H2,1-2H3,(H,21,24). The van der Waals surface area contributed by atoms with E-state index in [1.54, 1.807) is 14.2 Å². The second kappa shape index (κ2) is 8.47. The SMILES string of the molecule is COc1cccc(CNC(=O)N2CCN(c3ccccc3OC)CC2)c1. The van der Waals surface area contributed by atoms with Crippen LogP contribution < -0.4 is 19.7 Å². The molecule has 0 saturated carbocycles. The number of hydrogen-bond acceptors (Lipinski definition) is 4. The van der Waals surface area contributed by atoms with Gasteiger partial charge in [0.25, 0.3) is 0 Å². The van der Waals surface area contributed by atoms with Gasteiger partial charge in [-0.05, 0) is 29.8 Å². The van der Waals surface area contributed by atoms with Crippen LogP contribution in [-0.4, -0.2) is 51.3 Å². The first-order valence-corrected chi connectivity index (χ1v) is 8.75. The monoisotopic (exact) mass is 355 g/mol. The fourth-order valence-corrected chi connectivity index (χ4v) is 3.11. The average Bonchev–Trinajstić information content (AvgIpc) is 2.72. The van der Waals surface area contributed by atoms with Crippen molar-refractivity contribution in [2.24, 2.45) is 0 Å². The highest BCUT2D eigenvalue weighted by molar-refractivity contribution is 5.74. The molecule has 1 aliphatic rings. The Morgan fingerprint density at radius 3 is 2.50 bits per heavy atom. The molecule has 1 N–H and O–H groups in total. The number of nitrogens with zero attached hydrogens (tertiary/aromatic N) is 2. The zero-order valence-corrected chi connectivity index (χ0v) is 15.3. The molecule has 0 atom stereocenters. The summed E-state index contributed by atoms with van der Waals surface area (Å²) < 4.78 is 10.6. The normalized spacial score (nSPS) is 14.1. The van der Waals surface area contributed by atoms with Crippen LogP contribution in [0.4, 0.5) is 10.5 Å². The van der Waals surface area contributed by atoms with E-state index in [9.17, 15) is 4.79 Å². The molecule has 3 rings (SSSR count). The Bertz CT molecular complexity index is 743. The molecule has 2 aromatic rings. The summed E-state index contributed by atoms with van der Waals surface area (Å²) >= 11 is 0. The third-order valence-electron chi connectivity index (χ3n) is 4.57. The van der Waals surface area contributed by atoms with Crippen molar-refractivity contribution in [2.45, 2.75) is 6.54 Å². The van der Waals surface area contributed by atoms with Crippen molar-refractivity contribution < 1.29 is 14.3 Å². The number of nitrogens with one attached hydrogen (secondary N) is 1. The molecule has 1 fully saturated rings. The summed E-state index contributed by atoms with van der Waals surface area (Å²) in [5, 5.41) is 2.99. The summed E-state index contributed by atoms with van der Waals surface area (Å²) in [4.78, 5) is 16.5. The van der Waals surface area contributed by atoms with Crippen LogP contribution in [-0.2, 0) is 6.54 Å². The summed E-state index contributed by atoms with van der Waals surface area (Å²) in [5.41, 5.74) is 2.09. The van der Waals surface area contributed by atoms with Crippen molar-refractivity contribution in [3.05, 3.63) is 54.1 Å². The smallest absolute Gasteiger partial charge is 0.317 e. The molecule has 1 aliphatic heterocycles. The summed E-state index contributed by atoms with van der Waals surface area (Å²) in [6.07, 6.45) is 0. The molecule has 0 aliphatic carbocycles. The first-order chi connectivity index (χ1) is 12.7. The molecule has 0 spiro atoms. The number of urea groups is 1. The van der Waals surface area contributed by atoms with Crippen molar-refractivity contribution >= 4 is 11.7 Å². The van der Waals surface area contributed by atoms with Gasteiger partial charge in [0.2, 0.25) is 0 Å². The maximum Gasteiger partial charge on any atom is 0.317 e. The van der Waals surface area contributed by atoms with Crippen LogP contribution in [0.15, 0.2) is 48.5 Å². The van der Waals surface area contributed by atoms with E-state index in [-0.39, 0.29) is 6.03 Å². The number of para-hydroxylation sites is 2. The highest BCUT2D eigenvalue weighted by Gasteiger charge is 2.22. The molecule has 6 heteroatoms. The van der Waals surface area contributed by atoms with Gasteiger partial charge in [0.05, 0.1) is 19.9 Å². The number of ether oxygens (including phenoxy) is 2. The lowest BCUT2D eigenvalue weighted by Gasteiger charge is -2.36. The third-order valence-corrected chi connectivity index (χ3v) is 4.57. The van der Waals surface area contributed by atoms with E-state index in [0.717, 1.165) is 35.8 Å². The van der Waals surface area contributed by atoms with Crippen LogP contribution in [0.25, 0.3) is 0 Å². The molecule has 1 saturated heterocycles. The van der Waals surface area contributed by atoms with Crippen LogP contribution in [0.5, 0.6) is 11.5 Å². The summed E-state index contributed by atoms with van der Waals surface area (Å²) in [6, 6.07) is 15.7. The Balaban J connectivity index is 1.52. The number of rotatable bonds is 5. The quantitative estimate of drug-likeness (QED) is 0.896. The van der Waals surface area contributed by atoms with E-state index in [4.69, 9.17) is 9.47 Å². The Morgan fingerprint density at radius 2 is 1.77 bits per heavy atom. The van der Waals surface area contributed by atoms with E-state index in [1.807, 2.05) is 47.4 Å². The van der Waals surface area contributed by atoms with Gasteiger partial charge in [-0.1, -0.05) is 24.3 Å². The lowest BCUT2D eigenvalue weighted by Crippen LogP contribution is -2.51. The van der Waals surface area contributed by atoms with Gasteiger partial charge in [-0.2, -0.15) is 0 Å². The van der Waals surface area contributed by atoms with Crippen LogP contribution in [0.1, 0.15) is 5.56 Å². The number of carbonyl (C=O) groups excluding carboxylic acids is 1. The van der Waals surface area contributed by atoms with Crippen LogP contribution >= 0.6 is 0 Å². The molecule has 2 amide bonds. The lowest BCUT2D eigenvalue weighted by atomic mass is 10.2. The molecule has 0 unspecified atom stereocenters. The molecular weight excluding hydrogens is 330 g/mol. The van der Waals surface area contributed by atoms with Gasteiger partial charge in [0, 0.05) is 32.7 Å². The second-order valence-electron chi connectivity index (χ2n) is 6.16. The number of piperazine rings is 1. The highest BCUT2D eigenvalue weighted by atomic mass is 16.5. The second-order valence-corrected chi connectivity index (χ2v) is 6.16. The van der Waals surface area contributed by atoms with Crippen molar-refractivity contribution in [3.8, 4) is 11.5 Å². The summed E-state index contributed by atoms with van der Waals surface area (Å²) in [5.74, 6) is 1.66. The molecule has 6 nitrogen and oxygen atoms in total. The van der Waals surface area contributed by atoms with Gasteiger partial charge >= 0.3 is 6.03 Å². The number of amides is 2. The van der Waals surface area contributed by atoms with Gasteiger partial charge in [0.1, 0.15) is 11.5 Å². The predicted octanol–water partition coefficient (Wildman–Crippen LogP) is 2.74. The molecule has 2 aromatic carbocycles. The molecule has 138 valence electrons. The van der Waals surface area contributed by atoms with Crippen molar-refractivity contribution in [2.75, 3.05) is 45.3 Å². The minimum absolute atomic E-state index is 0.0347. The maximum atomic E-state index is 12.4. The van der Waals surface area contributed by atoms with Gasteiger partial charge in [-0.25, -0.2) is 4.79 Å². The van der Waals surface area contributed by atoms with Crippen LogP contribution in [0.2, 0.25) is 0 Å². The van der Waals surface area contributed by atoms with Crippen LogP contribution in [0.3, 0.4) is 0 Å². The Morgan fingerprint density at radius 1 is 1.00 bits per heavy atom. The van der Waals surface area contributed by atoms with Crippen molar-refractivity contribution in [3.63, 3.8) is 0 Å². The predicted molar refractivity (Wildman–Crippen MR) is 102 cm³/mol. The minimum atomic E-state index is -0.0347. The first-order valence-electron chi connectivity index (χ1n) is 8.75. The number of carbonyl (C=O) groups is 1. The Hall–Kier alpha value is -2.89. The number of anilines is 1. The zero-order chi connectivity index (χ0) is 18.4. The molecule has 0 aromatic heterocycles. The third kappa shape index (κ3) is 4.20. The average molecular weight is 355 g/mol. The van der Waals surface area contributed by atoms with Gasteiger partial charge in [0.15, 0.2) is 0 Å². The molecule has 1 heterocycles. The van der Waals surface area contributed by atoms with E-state index >= 15 is 0 Å². The van der Waals surface area contributed by atoms with E-state index in [0.29, 0.717) is 19.6 Å². The number of benzene rings is 2. The van der Waals surface area contributed by atoms with Gasteiger partial charge < -0.3 is 24.6 Å². The molecule has 0 radical (unpaired) electrons. The number of methoxy groups -OCH3 is 2. The summed E-state index contributed by atoms with van der Waals surface area (Å²) in [7, 11) is 3.32. The maximum absolute atomic E-state index is 12.4. The fourth-order valence-electron chi connectivity index (χ4n) is 3.11.